The summed E-state index contributed by atoms with van der Waals surface area (Å²) in [6, 6.07) is 5.93. The highest BCUT2D eigenvalue weighted by Gasteiger charge is 2.11. The van der Waals surface area contributed by atoms with Gasteiger partial charge in [-0.15, -0.1) is 11.6 Å². The van der Waals surface area contributed by atoms with Crippen molar-refractivity contribution < 1.29 is 4.74 Å². The van der Waals surface area contributed by atoms with Crippen LogP contribution in [-0.4, -0.2) is 20.7 Å². The summed E-state index contributed by atoms with van der Waals surface area (Å²) in [7, 11) is 0.230. The van der Waals surface area contributed by atoms with Gasteiger partial charge in [0.1, 0.15) is 5.75 Å². The van der Waals surface area contributed by atoms with E-state index < -0.39 is 8.11 Å². The zero-order chi connectivity index (χ0) is 9.84. The van der Waals surface area contributed by atoms with Crippen molar-refractivity contribution in [3.05, 3.63) is 23.8 Å². The van der Waals surface area contributed by atoms with Crippen LogP contribution in [0.3, 0.4) is 0 Å². The lowest BCUT2D eigenvalue weighted by Gasteiger charge is -2.09. The summed E-state index contributed by atoms with van der Waals surface area (Å²) in [6.07, 6.45) is 0. The molecule has 0 radical (unpaired) electrons. The van der Waals surface area contributed by atoms with Gasteiger partial charge >= 0.3 is 0 Å². The monoisotopic (exact) mass is 234 g/mol. The number of ether oxygens (including phenoxy) is 1. The molecule has 1 aromatic rings. The van der Waals surface area contributed by atoms with Crippen LogP contribution in [0.2, 0.25) is 0 Å². The molecule has 0 saturated carbocycles. The van der Waals surface area contributed by atoms with Gasteiger partial charge in [0.05, 0.1) is 7.11 Å². The lowest BCUT2D eigenvalue weighted by Crippen LogP contribution is -2.28. The maximum absolute atomic E-state index is 6.16. The van der Waals surface area contributed by atoms with Crippen LogP contribution in [0.1, 0.15) is 5.56 Å². The second-order valence-electron chi connectivity index (χ2n) is 2.84. The predicted octanol–water partition coefficient (Wildman–Crippen LogP) is 1.95. The molecule has 0 N–H and O–H groups in total. The van der Waals surface area contributed by atoms with E-state index in [-0.39, 0.29) is 0 Å². The smallest absolute Gasteiger partial charge is 0.186 e. The Morgan fingerprint density at radius 2 is 2.15 bits per heavy atom. The molecule has 0 bridgehead atoms. The molecule has 4 heteroatoms. The predicted molar refractivity (Wildman–Crippen MR) is 61.1 cm³/mol. The Kier molecular flexibility index (Phi) is 4.10. The van der Waals surface area contributed by atoms with Crippen molar-refractivity contribution in [3.63, 3.8) is 0 Å². The summed E-state index contributed by atoms with van der Waals surface area (Å²) in [6.45, 7) is 2.03. The van der Waals surface area contributed by atoms with Crippen LogP contribution in [0, 0.1) is 6.92 Å². The van der Waals surface area contributed by atoms with E-state index in [1.54, 1.807) is 7.11 Å². The van der Waals surface area contributed by atoms with Crippen LogP contribution in [0.4, 0.5) is 0 Å². The molecule has 72 valence electrons. The third kappa shape index (κ3) is 2.63. The fraction of sp³-hybridized carbons (Fsp3) is 0.333. The third-order valence-corrected chi connectivity index (χ3v) is 6.11. The van der Waals surface area contributed by atoms with E-state index in [1.165, 1.54) is 10.8 Å². The Hall–Kier alpha value is -0.183. The van der Waals surface area contributed by atoms with Gasteiger partial charge in [0.25, 0.3) is 0 Å². The van der Waals surface area contributed by atoms with Crippen LogP contribution in [0.5, 0.6) is 5.75 Å². The molecule has 1 nitrogen and oxygen atoms in total. The van der Waals surface area contributed by atoms with E-state index in [4.69, 9.17) is 27.4 Å². The van der Waals surface area contributed by atoms with Crippen molar-refractivity contribution in [1.82, 2.24) is 0 Å². The van der Waals surface area contributed by atoms with Gasteiger partial charge in [-0.1, -0.05) is 6.07 Å². The van der Waals surface area contributed by atoms with E-state index in [1.807, 2.05) is 25.1 Å². The highest BCUT2D eigenvalue weighted by Crippen LogP contribution is 2.11. The maximum Gasteiger partial charge on any atom is 0.186 e. The summed E-state index contributed by atoms with van der Waals surface area (Å²) in [5.74, 6) is 0.869. The van der Waals surface area contributed by atoms with Gasteiger partial charge in [0, 0.05) is 5.50 Å². The van der Waals surface area contributed by atoms with Crippen molar-refractivity contribution >= 4 is 36.0 Å². The maximum atomic E-state index is 6.16. The zero-order valence-electron chi connectivity index (χ0n) is 7.68. The van der Waals surface area contributed by atoms with Gasteiger partial charge < -0.3 is 4.74 Å². The first-order valence-corrected chi connectivity index (χ1v) is 7.71. The number of alkyl halides is 1. The minimum absolute atomic E-state index is 0.564. The molecule has 1 atom stereocenters. The van der Waals surface area contributed by atoms with Gasteiger partial charge in [-0.05, 0) is 29.8 Å². The first kappa shape index (κ1) is 10.9. The minimum Gasteiger partial charge on any atom is -0.497 e. The summed E-state index contributed by atoms with van der Waals surface area (Å²) in [5.41, 5.74) is 1.74. The van der Waals surface area contributed by atoms with Crippen LogP contribution < -0.4 is 9.92 Å². The van der Waals surface area contributed by atoms with E-state index in [9.17, 15) is 0 Å². The van der Waals surface area contributed by atoms with Crippen LogP contribution in [0.25, 0.3) is 0 Å². The van der Waals surface area contributed by atoms with Crippen molar-refractivity contribution in [2.75, 3.05) is 12.6 Å². The SMILES string of the molecule is COc1ccc([SiH](Cl)CCl)c(C)c1. The van der Waals surface area contributed by atoms with Crippen LogP contribution in [-0.2, 0) is 0 Å². The van der Waals surface area contributed by atoms with E-state index in [2.05, 4.69) is 0 Å². The number of hydrogen-bond donors (Lipinski definition) is 0. The Bertz CT molecular complexity index is 291. The number of methoxy groups -OCH3 is 1. The number of halogens is 2. The fourth-order valence-corrected chi connectivity index (χ4v) is 3.49. The molecule has 0 fully saturated rings. The highest BCUT2D eigenvalue weighted by molar-refractivity contribution is 7.16. The highest BCUT2D eigenvalue weighted by atomic mass is 35.6. The van der Waals surface area contributed by atoms with E-state index in [0.29, 0.717) is 5.50 Å². The van der Waals surface area contributed by atoms with Gasteiger partial charge in [-0.3, -0.25) is 0 Å². The number of rotatable bonds is 3. The minimum atomic E-state index is -1.43. The van der Waals surface area contributed by atoms with Crippen LogP contribution in [0.15, 0.2) is 18.2 Å². The first-order valence-electron chi connectivity index (χ1n) is 4.03. The molecule has 0 spiro atoms. The van der Waals surface area contributed by atoms with Crippen molar-refractivity contribution in [2.45, 2.75) is 6.92 Å². The average molecular weight is 235 g/mol. The van der Waals surface area contributed by atoms with Crippen molar-refractivity contribution in [3.8, 4) is 5.75 Å². The molecule has 1 unspecified atom stereocenters. The summed E-state index contributed by atoms with van der Waals surface area (Å²) >= 11 is 11.9. The van der Waals surface area contributed by atoms with Gasteiger partial charge in [-0.2, -0.15) is 11.1 Å². The molecule has 0 heterocycles. The van der Waals surface area contributed by atoms with E-state index >= 15 is 0 Å². The molecule has 0 aliphatic heterocycles. The summed E-state index contributed by atoms with van der Waals surface area (Å²) < 4.78 is 5.10. The molecule has 0 aliphatic carbocycles. The Morgan fingerprint density at radius 3 is 2.62 bits per heavy atom. The standard InChI is InChI=1S/C9H12Cl2OSi/c1-7-5-8(12-2)3-4-9(7)13(11)6-10/h3-5,13H,6H2,1-2H3. The topological polar surface area (TPSA) is 9.23 Å². The molecule has 0 saturated heterocycles. The molecular formula is C9H12Cl2OSi. The molecule has 0 aliphatic rings. The summed E-state index contributed by atoms with van der Waals surface area (Å²) in [5, 5.41) is 1.21. The Morgan fingerprint density at radius 1 is 1.46 bits per heavy atom. The van der Waals surface area contributed by atoms with Gasteiger partial charge in [0.15, 0.2) is 8.11 Å². The molecule has 0 amide bonds. The average Bonchev–Trinajstić information content (AvgIpc) is 2.16. The second-order valence-corrected chi connectivity index (χ2v) is 7.22. The molecule has 1 rings (SSSR count). The van der Waals surface area contributed by atoms with Gasteiger partial charge in [0.2, 0.25) is 0 Å². The second kappa shape index (κ2) is 4.89. The number of aryl methyl sites for hydroxylation is 1. The fourth-order valence-electron chi connectivity index (χ4n) is 1.21. The lowest BCUT2D eigenvalue weighted by molar-refractivity contribution is 0.414. The Labute approximate surface area is 89.9 Å². The van der Waals surface area contributed by atoms with Crippen molar-refractivity contribution in [1.29, 1.82) is 0 Å². The lowest BCUT2D eigenvalue weighted by atomic mass is 10.2. The first-order chi connectivity index (χ1) is 6.19. The molecule has 0 aromatic heterocycles. The van der Waals surface area contributed by atoms with Gasteiger partial charge in [-0.25, -0.2) is 0 Å². The molecule has 1 aromatic carbocycles. The largest absolute Gasteiger partial charge is 0.497 e. The van der Waals surface area contributed by atoms with Crippen molar-refractivity contribution in [2.24, 2.45) is 0 Å². The normalized spacial score (nSPS) is 12.6. The summed E-state index contributed by atoms with van der Waals surface area (Å²) in [4.78, 5) is 0. The molecule has 13 heavy (non-hydrogen) atoms. The quantitative estimate of drug-likeness (QED) is 0.442. The molecular weight excluding hydrogens is 223 g/mol. The number of hydrogen-bond acceptors (Lipinski definition) is 1. The number of benzene rings is 1. The van der Waals surface area contributed by atoms with E-state index in [0.717, 1.165) is 5.75 Å². The Balaban J connectivity index is 2.98. The zero-order valence-corrected chi connectivity index (χ0v) is 10.3. The van der Waals surface area contributed by atoms with Crippen LogP contribution >= 0.6 is 22.7 Å². The third-order valence-electron chi connectivity index (χ3n) is 1.95.